The molecule has 174 valence electrons. The zero-order valence-corrected chi connectivity index (χ0v) is 20.2. The molecule has 4 rings (SSSR count). The minimum absolute atomic E-state index is 0.136. The first-order chi connectivity index (χ1) is 15.3. The third kappa shape index (κ3) is 4.78. The van der Waals surface area contributed by atoms with E-state index < -0.39 is 17.7 Å². The summed E-state index contributed by atoms with van der Waals surface area (Å²) in [7, 11) is 3.56. The summed E-state index contributed by atoms with van der Waals surface area (Å²) in [6, 6.07) is 2.85. The molecule has 0 unspecified atom stereocenters. The molecule has 0 saturated carbocycles. The standard InChI is InChI=1S/C20H25ClN4O5S2/c1-24-6-5-13-14(9-24)31-17(23-13)18(27)25-8-12(7-20(25,10-26)11-29-2)22-19(28)30-16-4-3-15(21)32-16/h3-4,12,26H,5-11H2,1-2H3,(H,22,28)/t12-,20+/m1/s1. The van der Waals surface area contributed by atoms with Crippen molar-refractivity contribution in [1.82, 2.24) is 20.1 Å². The molecule has 2 aliphatic heterocycles. The number of hydrogen-bond acceptors (Lipinski definition) is 9. The summed E-state index contributed by atoms with van der Waals surface area (Å²) in [6.45, 7) is 1.73. The van der Waals surface area contributed by atoms with Crippen LogP contribution in [0, 0.1) is 0 Å². The number of hydrogen-bond donors (Lipinski definition) is 2. The van der Waals surface area contributed by atoms with Crippen LogP contribution in [0.4, 0.5) is 4.79 Å². The van der Waals surface area contributed by atoms with Crippen LogP contribution >= 0.6 is 34.3 Å². The highest BCUT2D eigenvalue weighted by Crippen LogP contribution is 2.34. The Morgan fingerprint density at radius 3 is 2.91 bits per heavy atom. The van der Waals surface area contributed by atoms with Crippen molar-refractivity contribution in [3.05, 3.63) is 32.0 Å². The lowest BCUT2D eigenvalue weighted by atomic mass is 9.96. The highest BCUT2D eigenvalue weighted by Gasteiger charge is 2.49. The largest absolute Gasteiger partial charge is 0.413 e. The number of rotatable bonds is 6. The average molecular weight is 501 g/mol. The van der Waals surface area contributed by atoms with Crippen molar-refractivity contribution in [1.29, 1.82) is 0 Å². The fraction of sp³-hybridized carbons (Fsp3) is 0.550. The summed E-state index contributed by atoms with van der Waals surface area (Å²) in [5.74, 6) is -0.263. The third-order valence-corrected chi connectivity index (χ3v) is 7.90. The van der Waals surface area contributed by atoms with Crippen LogP contribution < -0.4 is 10.1 Å². The van der Waals surface area contributed by atoms with E-state index in [1.54, 1.807) is 17.0 Å². The zero-order valence-electron chi connectivity index (χ0n) is 17.8. The Labute approximate surface area is 198 Å². The molecule has 12 heteroatoms. The lowest BCUT2D eigenvalue weighted by Gasteiger charge is -2.35. The molecule has 2 aliphatic rings. The number of amides is 2. The molecule has 0 spiro atoms. The molecule has 2 amide bonds. The number of likely N-dealkylation sites (tertiary alicyclic amines) is 1. The van der Waals surface area contributed by atoms with Crippen LogP contribution in [0.5, 0.6) is 5.06 Å². The second-order valence-corrected chi connectivity index (χ2v) is 10.9. The number of nitrogens with zero attached hydrogens (tertiary/aromatic N) is 3. The fourth-order valence-corrected chi connectivity index (χ4v) is 6.22. The van der Waals surface area contributed by atoms with E-state index in [0.29, 0.717) is 20.8 Å². The van der Waals surface area contributed by atoms with Crippen molar-refractivity contribution in [3.63, 3.8) is 0 Å². The van der Waals surface area contributed by atoms with Gasteiger partial charge in [-0.05, 0) is 25.6 Å². The summed E-state index contributed by atoms with van der Waals surface area (Å²) in [5, 5.41) is 13.8. The third-order valence-electron chi connectivity index (χ3n) is 5.72. The van der Waals surface area contributed by atoms with Crippen LogP contribution in [0.3, 0.4) is 0 Å². The molecular weight excluding hydrogens is 476 g/mol. The normalized spacial score (nSPS) is 23.2. The number of carbonyl (C=O) groups is 2. The molecule has 2 aromatic heterocycles. The van der Waals surface area contributed by atoms with Crippen molar-refractivity contribution in [3.8, 4) is 5.06 Å². The van der Waals surface area contributed by atoms with Gasteiger partial charge in [0.15, 0.2) is 10.1 Å². The van der Waals surface area contributed by atoms with Crippen molar-refractivity contribution in [2.24, 2.45) is 0 Å². The van der Waals surface area contributed by atoms with Gasteiger partial charge in [-0.1, -0.05) is 22.9 Å². The average Bonchev–Trinajstić information content (AvgIpc) is 3.44. The minimum atomic E-state index is -0.959. The summed E-state index contributed by atoms with van der Waals surface area (Å²) in [4.78, 5) is 35.3. The van der Waals surface area contributed by atoms with Gasteiger partial charge >= 0.3 is 6.09 Å². The Bertz CT molecular complexity index is 999. The molecule has 1 fully saturated rings. The Hall–Kier alpha value is -1.76. The van der Waals surface area contributed by atoms with Gasteiger partial charge in [0.05, 0.1) is 34.8 Å². The molecule has 0 radical (unpaired) electrons. The van der Waals surface area contributed by atoms with E-state index in [2.05, 4.69) is 15.2 Å². The lowest BCUT2D eigenvalue weighted by Crippen LogP contribution is -2.53. The van der Waals surface area contributed by atoms with E-state index in [-0.39, 0.29) is 25.7 Å². The predicted octanol–water partition coefficient (Wildman–Crippen LogP) is 2.23. The van der Waals surface area contributed by atoms with Gasteiger partial charge in [0.2, 0.25) is 0 Å². The minimum Gasteiger partial charge on any atom is -0.399 e. The Morgan fingerprint density at radius 1 is 1.41 bits per heavy atom. The lowest BCUT2D eigenvalue weighted by molar-refractivity contribution is 0.00193. The van der Waals surface area contributed by atoms with Gasteiger partial charge in [-0.2, -0.15) is 0 Å². The number of halogens is 1. The van der Waals surface area contributed by atoms with Crippen LogP contribution in [0.1, 0.15) is 26.8 Å². The second-order valence-electron chi connectivity index (χ2n) is 8.10. The Kier molecular flexibility index (Phi) is 7.03. The SMILES string of the molecule is COC[C@@]1(CO)C[C@@H](NC(=O)Oc2ccc(Cl)s2)CN1C(=O)c1nc2c(s1)CN(C)CC2. The van der Waals surface area contributed by atoms with Crippen molar-refractivity contribution in [2.75, 3.05) is 40.5 Å². The van der Waals surface area contributed by atoms with E-state index in [1.807, 2.05) is 7.05 Å². The maximum Gasteiger partial charge on any atom is 0.413 e. The van der Waals surface area contributed by atoms with Crippen molar-refractivity contribution in [2.45, 2.75) is 31.0 Å². The van der Waals surface area contributed by atoms with Gasteiger partial charge in [0.1, 0.15) is 0 Å². The van der Waals surface area contributed by atoms with E-state index in [4.69, 9.17) is 21.1 Å². The maximum absolute atomic E-state index is 13.5. The smallest absolute Gasteiger partial charge is 0.399 e. The molecule has 1 saturated heterocycles. The highest BCUT2D eigenvalue weighted by molar-refractivity contribution is 7.17. The monoisotopic (exact) mass is 500 g/mol. The van der Waals surface area contributed by atoms with Crippen molar-refractivity contribution >= 4 is 46.3 Å². The number of carbonyl (C=O) groups excluding carboxylic acids is 2. The number of aliphatic hydroxyl groups is 1. The molecule has 0 bridgehead atoms. The number of thiazole rings is 1. The van der Waals surface area contributed by atoms with Gasteiger partial charge in [0.25, 0.3) is 5.91 Å². The van der Waals surface area contributed by atoms with Gasteiger partial charge in [-0.15, -0.1) is 11.3 Å². The first-order valence-electron chi connectivity index (χ1n) is 10.2. The molecule has 9 nitrogen and oxygen atoms in total. The molecule has 2 atom stereocenters. The fourth-order valence-electron chi connectivity index (χ4n) is 4.21. The van der Waals surface area contributed by atoms with E-state index in [9.17, 15) is 14.7 Å². The molecule has 0 aromatic carbocycles. The van der Waals surface area contributed by atoms with E-state index in [0.717, 1.165) is 41.4 Å². The van der Waals surface area contributed by atoms with Crippen LogP contribution in [0.15, 0.2) is 12.1 Å². The van der Waals surface area contributed by atoms with E-state index in [1.165, 1.54) is 18.4 Å². The Morgan fingerprint density at radius 2 is 2.22 bits per heavy atom. The number of aromatic nitrogens is 1. The maximum atomic E-state index is 13.5. The van der Waals surface area contributed by atoms with Gasteiger partial charge in [0, 0.05) is 38.0 Å². The van der Waals surface area contributed by atoms with Crippen LogP contribution in [-0.4, -0.2) is 83.9 Å². The van der Waals surface area contributed by atoms with E-state index >= 15 is 0 Å². The van der Waals surface area contributed by atoms with Gasteiger partial charge < -0.3 is 29.7 Å². The second kappa shape index (κ2) is 9.62. The number of thiophene rings is 1. The van der Waals surface area contributed by atoms with Crippen LogP contribution in [0.2, 0.25) is 4.34 Å². The number of methoxy groups -OCH3 is 1. The Balaban J connectivity index is 1.50. The highest BCUT2D eigenvalue weighted by atomic mass is 35.5. The number of ether oxygens (including phenoxy) is 2. The van der Waals surface area contributed by atoms with Gasteiger partial charge in [-0.3, -0.25) is 4.79 Å². The first kappa shape index (κ1) is 23.4. The molecule has 32 heavy (non-hydrogen) atoms. The zero-order chi connectivity index (χ0) is 22.9. The molecule has 4 heterocycles. The first-order valence-corrected chi connectivity index (χ1v) is 12.2. The summed E-state index contributed by atoms with van der Waals surface area (Å²) < 4.78 is 11.1. The molecule has 2 aromatic rings. The summed E-state index contributed by atoms with van der Waals surface area (Å²) >= 11 is 8.42. The van der Waals surface area contributed by atoms with Crippen LogP contribution in [-0.2, 0) is 17.7 Å². The molecule has 0 aliphatic carbocycles. The number of nitrogens with one attached hydrogen (secondary N) is 1. The number of aliphatic hydroxyl groups excluding tert-OH is 1. The summed E-state index contributed by atoms with van der Waals surface area (Å²) in [6.07, 6.45) is 0.499. The number of likely N-dealkylation sites (N-methyl/N-ethyl adjacent to an activating group) is 1. The predicted molar refractivity (Wildman–Crippen MR) is 122 cm³/mol. The van der Waals surface area contributed by atoms with Crippen molar-refractivity contribution < 1.29 is 24.2 Å². The topological polar surface area (TPSA) is 104 Å². The quantitative estimate of drug-likeness (QED) is 0.626. The number of fused-ring (bicyclic) bond motifs is 1. The van der Waals surface area contributed by atoms with Gasteiger partial charge in [-0.25, -0.2) is 9.78 Å². The summed E-state index contributed by atoms with van der Waals surface area (Å²) in [5.41, 5.74) is 0.00348. The molecule has 2 N–H and O–H groups in total. The molecular formula is C20H25ClN4O5S2. The van der Waals surface area contributed by atoms with Crippen LogP contribution in [0.25, 0.3) is 0 Å².